The van der Waals surface area contributed by atoms with E-state index in [0.717, 1.165) is 25.9 Å². The van der Waals surface area contributed by atoms with Gasteiger partial charge in [-0.05, 0) is 38.5 Å². The average molecular weight is 293 g/mol. The van der Waals surface area contributed by atoms with Crippen LogP contribution in [0.5, 0.6) is 0 Å². The maximum absolute atomic E-state index is 11.6. The summed E-state index contributed by atoms with van der Waals surface area (Å²) in [5.41, 5.74) is 0. The summed E-state index contributed by atoms with van der Waals surface area (Å²) < 4.78 is 17.8. The molecule has 0 N–H and O–H groups in total. The molecule has 0 aliphatic carbocycles. The van der Waals surface area contributed by atoms with Crippen LogP contribution in [0.1, 0.15) is 20.8 Å². The molecule has 0 aromatic carbocycles. The van der Waals surface area contributed by atoms with Gasteiger partial charge in [0.2, 0.25) is 0 Å². The Balaban J connectivity index is 3.95. The van der Waals surface area contributed by atoms with Gasteiger partial charge in [-0.1, -0.05) is 20.8 Å². The number of rotatable bonds is 7. The molecule has 0 heterocycles. The van der Waals surface area contributed by atoms with Crippen LogP contribution in [0.4, 0.5) is 0 Å². The van der Waals surface area contributed by atoms with Crippen LogP contribution < -0.4 is 0 Å². The molecule has 5 heteroatoms. The molecule has 0 unspecified atom stereocenters. The van der Waals surface area contributed by atoms with E-state index in [1.165, 1.54) is 0 Å². The van der Waals surface area contributed by atoms with Crippen LogP contribution in [0.25, 0.3) is 0 Å². The lowest BCUT2D eigenvalue weighted by atomic mass is 10.2. The lowest BCUT2D eigenvalue weighted by molar-refractivity contribution is 0.228. The molecule has 0 rings (SSSR count). The van der Waals surface area contributed by atoms with Gasteiger partial charge in [0.25, 0.3) is 0 Å². The zero-order chi connectivity index (χ0) is 14.6. The van der Waals surface area contributed by atoms with Gasteiger partial charge in [-0.3, -0.25) is 0 Å². The van der Waals surface area contributed by atoms with Gasteiger partial charge in [-0.15, -0.1) is 0 Å². The van der Waals surface area contributed by atoms with Crippen molar-refractivity contribution in [3.8, 4) is 0 Å². The second-order valence-electron chi connectivity index (χ2n) is 7.21. The molecule has 0 spiro atoms. The van der Waals surface area contributed by atoms with Gasteiger partial charge in [0.1, 0.15) is 0 Å². The molecule has 0 bridgehead atoms. The van der Waals surface area contributed by atoms with Crippen molar-refractivity contribution in [2.24, 2.45) is 0 Å². The maximum atomic E-state index is 11.6. The number of likely N-dealkylation sites (N-methyl/N-ethyl adjacent to an activating group) is 1. The zero-order valence-electron chi connectivity index (χ0n) is 13.5. The van der Waals surface area contributed by atoms with Crippen LogP contribution in [0.2, 0.25) is 18.1 Å². The van der Waals surface area contributed by atoms with Crippen LogP contribution >= 0.6 is 7.14 Å². The smallest absolute Gasteiger partial charge is 0.192 e. The summed E-state index contributed by atoms with van der Waals surface area (Å²) in [6, 6.07) is 0. The molecule has 0 aromatic heterocycles. The third-order valence-electron chi connectivity index (χ3n) is 3.76. The van der Waals surface area contributed by atoms with E-state index in [2.05, 4.69) is 45.8 Å². The van der Waals surface area contributed by atoms with Gasteiger partial charge in [0.15, 0.2) is 8.32 Å². The van der Waals surface area contributed by atoms with Crippen LogP contribution in [-0.2, 0) is 8.99 Å². The maximum Gasteiger partial charge on any atom is 0.192 e. The highest BCUT2D eigenvalue weighted by Gasteiger charge is 2.36. The van der Waals surface area contributed by atoms with Crippen molar-refractivity contribution in [3.05, 3.63) is 0 Å². The standard InChI is InChI=1S/C13H32NO2PSi/c1-13(2,3)18(7,8)16-11-9-14(4)10-12-17(5,6)15/h9-12H2,1-8H3. The molecule has 3 nitrogen and oxygen atoms in total. The molecule has 0 atom stereocenters. The monoisotopic (exact) mass is 293 g/mol. The lowest BCUT2D eigenvalue weighted by Crippen LogP contribution is -2.42. The van der Waals surface area contributed by atoms with Gasteiger partial charge in [0.05, 0.1) is 7.14 Å². The molecule has 0 amide bonds. The molecule has 18 heavy (non-hydrogen) atoms. The van der Waals surface area contributed by atoms with Crippen molar-refractivity contribution in [3.63, 3.8) is 0 Å². The van der Waals surface area contributed by atoms with E-state index >= 15 is 0 Å². The highest BCUT2D eigenvalue weighted by atomic mass is 31.2. The minimum atomic E-state index is -1.88. The summed E-state index contributed by atoms with van der Waals surface area (Å²) in [6.45, 7) is 17.6. The predicted octanol–water partition coefficient (Wildman–Crippen LogP) is 3.56. The molecule has 0 radical (unpaired) electrons. The van der Waals surface area contributed by atoms with Gasteiger partial charge in [-0.25, -0.2) is 0 Å². The van der Waals surface area contributed by atoms with Crippen molar-refractivity contribution in [1.82, 2.24) is 4.90 Å². The highest BCUT2D eigenvalue weighted by Crippen LogP contribution is 2.36. The zero-order valence-corrected chi connectivity index (χ0v) is 15.4. The molecule has 0 fully saturated rings. The van der Waals surface area contributed by atoms with E-state index in [-0.39, 0.29) is 5.04 Å². The number of hydrogen-bond acceptors (Lipinski definition) is 3. The molecule has 110 valence electrons. The van der Waals surface area contributed by atoms with Gasteiger partial charge < -0.3 is 13.9 Å². The summed E-state index contributed by atoms with van der Waals surface area (Å²) in [6.07, 6.45) is 0.795. The first kappa shape index (κ1) is 18.4. The summed E-state index contributed by atoms with van der Waals surface area (Å²) in [5.74, 6) is 0. The van der Waals surface area contributed by atoms with E-state index in [1.54, 1.807) is 0 Å². The third-order valence-corrected chi connectivity index (χ3v) is 9.58. The highest BCUT2D eigenvalue weighted by molar-refractivity contribution is 7.62. The molecule has 0 aromatic rings. The Labute approximate surface area is 115 Å². The van der Waals surface area contributed by atoms with E-state index in [0.29, 0.717) is 0 Å². The van der Waals surface area contributed by atoms with Crippen molar-refractivity contribution < 1.29 is 8.99 Å². The fourth-order valence-corrected chi connectivity index (χ4v) is 3.05. The fraction of sp³-hybridized carbons (Fsp3) is 1.00. The Bertz CT molecular complexity index is 294. The summed E-state index contributed by atoms with van der Waals surface area (Å²) >= 11 is 0. The topological polar surface area (TPSA) is 29.5 Å². The first-order chi connectivity index (χ1) is 7.85. The molecule has 0 aliphatic heterocycles. The van der Waals surface area contributed by atoms with Crippen LogP contribution in [0.15, 0.2) is 0 Å². The summed E-state index contributed by atoms with van der Waals surface area (Å²) in [7, 11) is -1.42. The Hall–Kier alpha value is 0.367. The SMILES string of the molecule is CN(CCO[Si](C)(C)C(C)(C)C)CCP(C)(C)=O. The minimum Gasteiger partial charge on any atom is -0.416 e. The van der Waals surface area contributed by atoms with Crippen molar-refractivity contribution in [2.75, 3.05) is 46.2 Å². The second kappa shape index (κ2) is 6.69. The second-order valence-corrected chi connectivity index (χ2v) is 15.6. The third kappa shape index (κ3) is 7.73. The Morgan fingerprint density at radius 3 is 2.06 bits per heavy atom. The van der Waals surface area contributed by atoms with E-state index in [9.17, 15) is 4.57 Å². The van der Waals surface area contributed by atoms with E-state index < -0.39 is 15.5 Å². The lowest BCUT2D eigenvalue weighted by Gasteiger charge is -2.36. The summed E-state index contributed by atoms with van der Waals surface area (Å²) in [4.78, 5) is 2.22. The molecular formula is C13H32NO2PSi. The Morgan fingerprint density at radius 2 is 1.67 bits per heavy atom. The van der Waals surface area contributed by atoms with Crippen LogP contribution in [0.3, 0.4) is 0 Å². The molecule has 0 saturated carbocycles. The van der Waals surface area contributed by atoms with Crippen molar-refractivity contribution >= 4 is 15.5 Å². The molecule has 0 aliphatic rings. The largest absolute Gasteiger partial charge is 0.416 e. The Kier molecular flexibility index (Phi) is 6.83. The summed E-state index contributed by atoms with van der Waals surface area (Å²) in [5, 5.41) is 0.272. The van der Waals surface area contributed by atoms with E-state index in [4.69, 9.17) is 4.43 Å². The predicted molar refractivity (Wildman–Crippen MR) is 85.0 cm³/mol. The normalized spacial score (nSPS) is 14.3. The quantitative estimate of drug-likeness (QED) is 0.531. The van der Waals surface area contributed by atoms with Crippen LogP contribution in [0, 0.1) is 0 Å². The van der Waals surface area contributed by atoms with Crippen LogP contribution in [-0.4, -0.2) is 59.5 Å². The van der Waals surface area contributed by atoms with E-state index in [1.807, 2.05) is 13.3 Å². The molecule has 0 saturated heterocycles. The van der Waals surface area contributed by atoms with Gasteiger partial charge in [0, 0.05) is 25.9 Å². The first-order valence-corrected chi connectivity index (χ1v) is 12.4. The van der Waals surface area contributed by atoms with Crippen molar-refractivity contribution in [2.45, 2.75) is 38.9 Å². The van der Waals surface area contributed by atoms with Gasteiger partial charge >= 0.3 is 0 Å². The average Bonchev–Trinajstić information content (AvgIpc) is 2.11. The first-order valence-electron chi connectivity index (χ1n) is 6.72. The number of nitrogens with zero attached hydrogens (tertiary/aromatic N) is 1. The van der Waals surface area contributed by atoms with Gasteiger partial charge in [-0.2, -0.15) is 0 Å². The minimum absolute atomic E-state index is 0.272. The molecular weight excluding hydrogens is 261 g/mol. The Morgan fingerprint density at radius 1 is 1.17 bits per heavy atom. The number of hydrogen-bond donors (Lipinski definition) is 0. The fourth-order valence-electron chi connectivity index (χ4n) is 1.20. The van der Waals surface area contributed by atoms with Crippen molar-refractivity contribution in [1.29, 1.82) is 0 Å².